The van der Waals surface area contributed by atoms with Gasteiger partial charge >= 0.3 is 0 Å². The molecule has 2 rings (SSSR count). The highest BCUT2D eigenvalue weighted by molar-refractivity contribution is 7.89. The molecule has 22 heavy (non-hydrogen) atoms. The van der Waals surface area contributed by atoms with E-state index in [0.717, 1.165) is 0 Å². The molecule has 1 aromatic rings. The maximum Gasteiger partial charge on any atom is 0.250 e. The number of hydrogen-bond donors (Lipinski definition) is 2. The van der Waals surface area contributed by atoms with Crippen LogP contribution in [-0.4, -0.2) is 25.1 Å². The Kier molecular flexibility index (Phi) is 4.34. The summed E-state index contributed by atoms with van der Waals surface area (Å²) < 4.78 is 30.6. The molecule has 1 heterocycles. The molecule has 1 aliphatic heterocycles. The normalized spacial score (nSPS) is 21.9. The first-order chi connectivity index (χ1) is 10.1. The molecule has 120 valence electrons. The largest absolute Gasteiger partial charge is 0.501 e. The van der Waals surface area contributed by atoms with E-state index < -0.39 is 33.0 Å². The lowest BCUT2D eigenvalue weighted by molar-refractivity contribution is -0.131. The molecule has 0 aliphatic carbocycles. The summed E-state index contributed by atoms with van der Waals surface area (Å²) in [4.78, 5) is 12.3. The molecule has 6 nitrogen and oxygen atoms in total. The number of Topliss-reactive ketones (excluding diaryl/α,β-unsaturated/α-hetero) is 1. The predicted molar refractivity (Wildman–Crippen MR) is 82.2 cm³/mol. The molecule has 1 aliphatic rings. The Balaban J connectivity index is 2.48. The van der Waals surface area contributed by atoms with Gasteiger partial charge in [0.25, 0.3) is 5.78 Å². The molecule has 0 radical (unpaired) electrons. The fourth-order valence-electron chi connectivity index (χ4n) is 2.03. The minimum Gasteiger partial charge on any atom is -0.501 e. The number of aliphatic hydroxyl groups is 1. The van der Waals surface area contributed by atoms with Crippen LogP contribution in [0.4, 0.5) is 0 Å². The van der Waals surface area contributed by atoms with Crippen LogP contribution >= 0.6 is 23.2 Å². The standard InChI is InChI=1S/C13H13Cl2NO5S/c1-3-22(19,20)16-12-10(17)11(18)13(2,21-12)9-7(14)5-4-6-8(9)15/h4-6,16-17H,3H2,1-2H3. The van der Waals surface area contributed by atoms with Gasteiger partial charge in [0.2, 0.25) is 27.3 Å². The zero-order valence-corrected chi connectivity index (χ0v) is 14.0. The number of halogens is 2. The van der Waals surface area contributed by atoms with Crippen molar-refractivity contribution in [3.8, 4) is 0 Å². The van der Waals surface area contributed by atoms with Crippen LogP contribution in [0.2, 0.25) is 10.0 Å². The van der Waals surface area contributed by atoms with Crippen LogP contribution in [0.15, 0.2) is 29.8 Å². The average molecular weight is 366 g/mol. The number of aliphatic hydroxyl groups excluding tert-OH is 1. The second-order valence-corrected chi connectivity index (χ2v) is 7.57. The van der Waals surface area contributed by atoms with Crippen molar-refractivity contribution in [2.24, 2.45) is 0 Å². The molecule has 0 saturated heterocycles. The van der Waals surface area contributed by atoms with Gasteiger partial charge in [-0.3, -0.25) is 9.52 Å². The monoisotopic (exact) mass is 365 g/mol. The first-order valence-corrected chi connectivity index (χ1v) is 8.65. The van der Waals surface area contributed by atoms with E-state index in [-0.39, 0.29) is 21.4 Å². The third-order valence-electron chi connectivity index (χ3n) is 3.24. The summed E-state index contributed by atoms with van der Waals surface area (Å²) in [6.07, 6.45) is 0. The fraction of sp³-hybridized carbons (Fsp3) is 0.308. The van der Waals surface area contributed by atoms with Crippen molar-refractivity contribution < 1.29 is 23.1 Å². The maximum atomic E-state index is 12.3. The van der Waals surface area contributed by atoms with E-state index in [1.807, 2.05) is 4.72 Å². The Morgan fingerprint density at radius 2 is 1.86 bits per heavy atom. The highest BCUT2D eigenvalue weighted by atomic mass is 35.5. The number of rotatable bonds is 4. The molecule has 0 fully saturated rings. The third-order valence-corrected chi connectivity index (χ3v) is 5.12. The van der Waals surface area contributed by atoms with E-state index in [4.69, 9.17) is 27.9 Å². The predicted octanol–water partition coefficient (Wildman–Crippen LogP) is 2.47. The zero-order valence-electron chi connectivity index (χ0n) is 11.7. The second kappa shape index (κ2) is 5.64. The minimum absolute atomic E-state index is 0.153. The molecule has 1 aromatic carbocycles. The Bertz CT molecular complexity index is 754. The molecular weight excluding hydrogens is 353 g/mol. The fourth-order valence-corrected chi connectivity index (χ4v) is 3.35. The van der Waals surface area contributed by atoms with E-state index in [9.17, 15) is 18.3 Å². The first kappa shape index (κ1) is 16.9. The van der Waals surface area contributed by atoms with Crippen molar-refractivity contribution in [3.05, 3.63) is 45.5 Å². The van der Waals surface area contributed by atoms with Gasteiger partial charge in [0.1, 0.15) is 0 Å². The van der Waals surface area contributed by atoms with E-state index in [1.165, 1.54) is 26.0 Å². The third kappa shape index (κ3) is 2.76. The number of carbonyl (C=O) groups excluding carboxylic acids is 1. The van der Waals surface area contributed by atoms with Gasteiger partial charge in [-0.15, -0.1) is 0 Å². The Morgan fingerprint density at radius 1 is 1.32 bits per heavy atom. The van der Waals surface area contributed by atoms with Crippen LogP contribution in [0.25, 0.3) is 0 Å². The summed E-state index contributed by atoms with van der Waals surface area (Å²) in [7, 11) is -3.72. The molecule has 1 unspecified atom stereocenters. The summed E-state index contributed by atoms with van der Waals surface area (Å²) in [6.45, 7) is 2.76. The lowest BCUT2D eigenvalue weighted by Crippen LogP contribution is -2.33. The Labute approximate surface area is 137 Å². The SMILES string of the molecule is CCS(=O)(=O)NC1=C(O)C(=O)C(C)(c2c(Cl)cccc2Cl)O1. The van der Waals surface area contributed by atoms with E-state index in [2.05, 4.69) is 0 Å². The topological polar surface area (TPSA) is 92.7 Å². The molecule has 2 N–H and O–H groups in total. The summed E-state index contributed by atoms with van der Waals surface area (Å²) in [5.74, 6) is -2.44. The zero-order chi connectivity index (χ0) is 16.7. The summed E-state index contributed by atoms with van der Waals surface area (Å²) in [6, 6.07) is 4.61. The molecule has 0 saturated carbocycles. The number of sulfonamides is 1. The van der Waals surface area contributed by atoms with Crippen molar-refractivity contribution in [2.45, 2.75) is 19.4 Å². The highest BCUT2D eigenvalue weighted by Crippen LogP contribution is 2.43. The van der Waals surface area contributed by atoms with Crippen molar-refractivity contribution in [1.29, 1.82) is 0 Å². The van der Waals surface area contributed by atoms with E-state index in [0.29, 0.717) is 0 Å². The lowest BCUT2D eigenvalue weighted by atomic mass is 9.91. The van der Waals surface area contributed by atoms with Crippen LogP contribution in [0.3, 0.4) is 0 Å². The molecule has 0 amide bonds. The van der Waals surface area contributed by atoms with Gasteiger partial charge in [-0.1, -0.05) is 29.3 Å². The van der Waals surface area contributed by atoms with Crippen molar-refractivity contribution in [3.63, 3.8) is 0 Å². The number of benzene rings is 1. The van der Waals surface area contributed by atoms with Crippen LogP contribution in [0, 0.1) is 0 Å². The molecule has 0 bridgehead atoms. The summed E-state index contributed by atoms with van der Waals surface area (Å²) in [5.41, 5.74) is -1.56. The summed E-state index contributed by atoms with van der Waals surface area (Å²) in [5, 5.41) is 10.2. The first-order valence-electron chi connectivity index (χ1n) is 6.24. The number of hydrogen-bond acceptors (Lipinski definition) is 5. The Morgan fingerprint density at radius 3 is 2.36 bits per heavy atom. The van der Waals surface area contributed by atoms with E-state index >= 15 is 0 Å². The highest BCUT2D eigenvalue weighted by Gasteiger charge is 2.50. The van der Waals surface area contributed by atoms with Crippen LogP contribution in [0.1, 0.15) is 19.4 Å². The lowest BCUT2D eigenvalue weighted by Gasteiger charge is -2.25. The number of ketones is 1. The molecular formula is C13H13Cl2NO5S. The number of ether oxygens (including phenoxy) is 1. The average Bonchev–Trinajstić information content (AvgIpc) is 2.63. The van der Waals surface area contributed by atoms with Crippen LogP contribution in [0.5, 0.6) is 0 Å². The van der Waals surface area contributed by atoms with Gasteiger partial charge in [0, 0.05) is 15.6 Å². The smallest absolute Gasteiger partial charge is 0.250 e. The van der Waals surface area contributed by atoms with Gasteiger partial charge in [-0.25, -0.2) is 8.42 Å². The molecule has 1 atom stereocenters. The summed E-state index contributed by atoms with van der Waals surface area (Å²) >= 11 is 12.1. The van der Waals surface area contributed by atoms with Crippen LogP contribution in [-0.2, 0) is 25.2 Å². The van der Waals surface area contributed by atoms with Crippen molar-refractivity contribution in [1.82, 2.24) is 4.72 Å². The molecule has 0 spiro atoms. The van der Waals surface area contributed by atoms with Gasteiger partial charge < -0.3 is 9.84 Å². The number of carbonyl (C=O) groups is 1. The minimum atomic E-state index is -3.72. The molecule has 0 aromatic heterocycles. The number of nitrogens with one attached hydrogen (secondary N) is 1. The maximum absolute atomic E-state index is 12.3. The molecule has 9 heteroatoms. The second-order valence-electron chi connectivity index (χ2n) is 4.74. The van der Waals surface area contributed by atoms with Crippen molar-refractivity contribution in [2.75, 3.05) is 5.75 Å². The Hall–Kier alpha value is -1.44. The quantitative estimate of drug-likeness (QED) is 0.854. The van der Waals surface area contributed by atoms with Crippen molar-refractivity contribution >= 4 is 39.0 Å². The van der Waals surface area contributed by atoms with Gasteiger partial charge in [-0.05, 0) is 26.0 Å². The van der Waals surface area contributed by atoms with Crippen LogP contribution < -0.4 is 4.72 Å². The van der Waals surface area contributed by atoms with Gasteiger partial charge in [0.05, 0.1) is 5.75 Å². The van der Waals surface area contributed by atoms with Gasteiger partial charge in [0.15, 0.2) is 0 Å². The van der Waals surface area contributed by atoms with E-state index in [1.54, 1.807) is 6.07 Å². The van der Waals surface area contributed by atoms with Gasteiger partial charge in [-0.2, -0.15) is 0 Å².